The van der Waals surface area contributed by atoms with Gasteiger partial charge in [-0.2, -0.15) is 0 Å². The molecule has 1 aromatic carbocycles. The summed E-state index contributed by atoms with van der Waals surface area (Å²) in [5.74, 6) is 1.66. The second kappa shape index (κ2) is 7.11. The molecule has 1 aromatic heterocycles. The average molecular weight is 297 g/mol. The number of nitrogens with one attached hydrogen (secondary N) is 2. The Morgan fingerprint density at radius 1 is 1.05 bits per heavy atom. The fourth-order valence-corrected chi connectivity index (χ4v) is 2.65. The number of benzene rings is 1. The molecule has 0 saturated carbocycles. The second-order valence-electron chi connectivity index (χ2n) is 5.58. The molecule has 22 heavy (non-hydrogen) atoms. The third-order valence-electron chi connectivity index (χ3n) is 3.83. The van der Waals surface area contributed by atoms with Crippen LogP contribution in [0.5, 0.6) is 0 Å². The first-order chi connectivity index (χ1) is 10.8. The van der Waals surface area contributed by atoms with Crippen LogP contribution in [0.25, 0.3) is 0 Å². The van der Waals surface area contributed by atoms with E-state index < -0.39 is 0 Å². The van der Waals surface area contributed by atoms with Gasteiger partial charge < -0.3 is 15.5 Å². The molecule has 0 atom stereocenters. The van der Waals surface area contributed by atoms with Crippen LogP contribution in [-0.4, -0.2) is 29.6 Å². The van der Waals surface area contributed by atoms with Crippen molar-refractivity contribution in [1.29, 1.82) is 0 Å². The van der Waals surface area contributed by atoms with E-state index in [1.807, 2.05) is 6.07 Å². The molecule has 0 radical (unpaired) electrons. The molecular weight excluding hydrogens is 274 g/mol. The molecule has 5 heteroatoms. The molecule has 116 valence electrons. The van der Waals surface area contributed by atoms with E-state index in [1.165, 1.54) is 31.6 Å². The Balaban J connectivity index is 1.65. The molecule has 0 amide bonds. The molecule has 2 aromatic rings. The summed E-state index contributed by atoms with van der Waals surface area (Å²) in [5, 5.41) is 6.60. The number of nitrogens with zero attached hydrogens (tertiary/aromatic N) is 3. The maximum absolute atomic E-state index is 4.27. The maximum Gasteiger partial charge on any atom is 0.135 e. The van der Waals surface area contributed by atoms with Crippen LogP contribution < -0.4 is 15.5 Å². The Hall–Kier alpha value is -2.30. The zero-order chi connectivity index (χ0) is 15.2. The third kappa shape index (κ3) is 3.67. The van der Waals surface area contributed by atoms with Crippen molar-refractivity contribution in [2.75, 3.05) is 35.2 Å². The van der Waals surface area contributed by atoms with Gasteiger partial charge in [-0.3, -0.25) is 0 Å². The first kappa shape index (κ1) is 14.6. The summed E-state index contributed by atoms with van der Waals surface area (Å²) in [7, 11) is 0. The van der Waals surface area contributed by atoms with Crippen LogP contribution in [-0.2, 0) is 0 Å². The van der Waals surface area contributed by atoms with Crippen LogP contribution in [0.15, 0.2) is 36.7 Å². The highest BCUT2D eigenvalue weighted by molar-refractivity contribution is 5.62. The Morgan fingerprint density at radius 2 is 1.77 bits per heavy atom. The van der Waals surface area contributed by atoms with Crippen molar-refractivity contribution >= 4 is 23.0 Å². The number of rotatable bonds is 6. The van der Waals surface area contributed by atoms with E-state index in [-0.39, 0.29) is 0 Å². The second-order valence-corrected chi connectivity index (χ2v) is 5.58. The topological polar surface area (TPSA) is 53.1 Å². The molecule has 1 saturated heterocycles. The standard InChI is InChI=1S/C17H23N5/c1-2-9-18-16-12-17(20-13-19-16)21-14-5-7-15(8-6-14)22-10-3-4-11-22/h5-8,12-13H,2-4,9-11H2,1H3,(H2,18,19,20,21). The van der Waals surface area contributed by atoms with E-state index in [2.05, 4.69) is 56.7 Å². The highest BCUT2D eigenvalue weighted by Crippen LogP contribution is 2.23. The van der Waals surface area contributed by atoms with Gasteiger partial charge in [-0.1, -0.05) is 6.92 Å². The van der Waals surface area contributed by atoms with E-state index in [0.717, 1.165) is 30.3 Å². The molecule has 2 N–H and O–H groups in total. The van der Waals surface area contributed by atoms with Gasteiger partial charge in [-0.05, 0) is 43.5 Å². The molecule has 1 aliphatic heterocycles. The van der Waals surface area contributed by atoms with Crippen molar-refractivity contribution in [2.24, 2.45) is 0 Å². The molecule has 1 fully saturated rings. The summed E-state index contributed by atoms with van der Waals surface area (Å²) in [5.41, 5.74) is 2.35. The van der Waals surface area contributed by atoms with Gasteiger partial charge in [-0.15, -0.1) is 0 Å². The smallest absolute Gasteiger partial charge is 0.135 e. The van der Waals surface area contributed by atoms with Gasteiger partial charge in [0, 0.05) is 37.1 Å². The molecule has 0 spiro atoms. The van der Waals surface area contributed by atoms with E-state index >= 15 is 0 Å². The van der Waals surface area contributed by atoms with Crippen molar-refractivity contribution < 1.29 is 0 Å². The van der Waals surface area contributed by atoms with E-state index in [4.69, 9.17) is 0 Å². The molecule has 0 unspecified atom stereocenters. The summed E-state index contributed by atoms with van der Waals surface area (Å²) < 4.78 is 0. The number of anilines is 4. The third-order valence-corrected chi connectivity index (χ3v) is 3.83. The minimum atomic E-state index is 0.808. The lowest BCUT2D eigenvalue weighted by molar-refractivity contribution is 0.949. The highest BCUT2D eigenvalue weighted by Gasteiger charge is 2.11. The highest BCUT2D eigenvalue weighted by atomic mass is 15.1. The Labute approximate surface area is 131 Å². The Bertz CT molecular complexity index is 590. The van der Waals surface area contributed by atoms with Crippen LogP contribution in [0.4, 0.5) is 23.0 Å². The number of aromatic nitrogens is 2. The first-order valence-electron chi connectivity index (χ1n) is 8.03. The number of hydrogen-bond acceptors (Lipinski definition) is 5. The van der Waals surface area contributed by atoms with Crippen molar-refractivity contribution in [3.05, 3.63) is 36.7 Å². The lowest BCUT2D eigenvalue weighted by Crippen LogP contribution is -2.17. The molecule has 0 bridgehead atoms. The largest absolute Gasteiger partial charge is 0.372 e. The van der Waals surface area contributed by atoms with Crippen molar-refractivity contribution in [3.63, 3.8) is 0 Å². The monoisotopic (exact) mass is 297 g/mol. The van der Waals surface area contributed by atoms with Crippen LogP contribution in [0, 0.1) is 0 Å². The van der Waals surface area contributed by atoms with E-state index in [9.17, 15) is 0 Å². The van der Waals surface area contributed by atoms with Crippen LogP contribution >= 0.6 is 0 Å². The van der Waals surface area contributed by atoms with Crippen LogP contribution in [0.1, 0.15) is 26.2 Å². The van der Waals surface area contributed by atoms with Gasteiger partial charge in [-0.25, -0.2) is 9.97 Å². The molecule has 5 nitrogen and oxygen atoms in total. The molecule has 1 aliphatic rings. The SMILES string of the molecule is CCCNc1cc(Nc2ccc(N3CCCC3)cc2)ncn1. The quantitative estimate of drug-likeness (QED) is 0.852. The van der Waals surface area contributed by atoms with Gasteiger partial charge >= 0.3 is 0 Å². The zero-order valence-electron chi connectivity index (χ0n) is 13.0. The summed E-state index contributed by atoms with van der Waals surface area (Å²) in [6.45, 7) is 5.40. The summed E-state index contributed by atoms with van der Waals surface area (Å²) >= 11 is 0. The molecule has 0 aliphatic carbocycles. The Kier molecular flexibility index (Phi) is 4.73. The summed E-state index contributed by atoms with van der Waals surface area (Å²) in [4.78, 5) is 10.9. The van der Waals surface area contributed by atoms with Gasteiger partial charge in [0.05, 0.1) is 0 Å². The van der Waals surface area contributed by atoms with Crippen LogP contribution in [0.3, 0.4) is 0 Å². The lowest BCUT2D eigenvalue weighted by Gasteiger charge is -2.18. The minimum Gasteiger partial charge on any atom is -0.372 e. The van der Waals surface area contributed by atoms with Crippen LogP contribution in [0.2, 0.25) is 0 Å². The number of hydrogen-bond donors (Lipinski definition) is 2. The fraction of sp³-hybridized carbons (Fsp3) is 0.412. The van der Waals surface area contributed by atoms with E-state index in [1.54, 1.807) is 6.33 Å². The predicted octanol–water partition coefficient (Wildman–Crippen LogP) is 3.64. The summed E-state index contributed by atoms with van der Waals surface area (Å²) in [6, 6.07) is 10.5. The van der Waals surface area contributed by atoms with Crippen molar-refractivity contribution in [3.8, 4) is 0 Å². The van der Waals surface area contributed by atoms with Gasteiger partial charge in [0.2, 0.25) is 0 Å². The van der Waals surface area contributed by atoms with E-state index in [0.29, 0.717) is 0 Å². The fourth-order valence-electron chi connectivity index (χ4n) is 2.65. The molecule has 2 heterocycles. The summed E-state index contributed by atoms with van der Waals surface area (Å²) in [6.07, 6.45) is 5.26. The predicted molar refractivity (Wildman–Crippen MR) is 92.0 cm³/mol. The van der Waals surface area contributed by atoms with Gasteiger partial charge in [0.1, 0.15) is 18.0 Å². The minimum absolute atomic E-state index is 0.808. The maximum atomic E-state index is 4.27. The Morgan fingerprint density at radius 3 is 2.50 bits per heavy atom. The molecular formula is C17H23N5. The zero-order valence-corrected chi connectivity index (χ0v) is 13.0. The molecule has 3 rings (SSSR count). The normalized spacial score (nSPS) is 14.1. The first-order valence-corrected chi connectivity index (χ1v) is 8.03. The van der Waals surface area contributed by atoms with Gasteiger partial charge in [0.25, 0.3) is 0 Å². The average Bonchev–Trinajstić information content (AvgIpc) is 3.08. The lowest BCUT2D eigenvalue weighted by atomic mass is 10.2. The van der Waals surface area contributed by atoms with Crippen molar-refractivity contribution in [2.45, 2.75) is 26.2 Å². The van der Waals surface area contributed by atoms with Crippen molar-refractivity contribution in [1.82, 2.24) is 9.97 Å². The van der Waals surface area contributed by atoms with Gasteiger partial charge in [0.15, 0.2) is 0 Å².